The molecule has 1 atom stereocenters. The Morgan fingerprint density at radius 3 is 2.77 bits per heavy atom. The van der Waals surface area contributed by atoms with Crippen LogP contribution in [0.15, 0.2) is 18.6 Å². The third-order valence-corrected chi connectivity index (χ3v) is 4.97. The minimum atomic E-state index is 0.104. The summed E-state index contributed by atoms with van der Waals surface area (Å²) in [6.45, 7) is 5.82. The Kier molecular flexibility index (Phi) is 5.98. The molecule has 3 heterocycles. The minimum absolute atomic E-state index is 0.104. The van der Waals surface area contributed by atoms with Crippen molar-refractivity contribution in [1.29, 1.82) is 0 Å². The lowest BCUT2D eigenvalue weighted by atomic mass is 10.0. The van der Waals surface area contributed by atoms with Gasteiger partial charge in [0, 0.05) is 38.6 Å². The van der Waals surface area contributed by atoms with Crippen LogP contribution in [0.4, 0.5) is 0 Å². The van der Waals surface area contributed by atoms with Crippen molar-refractivity contribution in [2.75, 3.05) is 19.8 Å². The van der Waals surface area contributed by atoms with Crippen LogP contribution in [0, 0.1) is 13.8 Å². The van der Waals surface area contributed by atoms with E-state index in [1.54, 1.807) is 17.1 Å². The quantitative estimate of drug-likeness (QED) is 0.785. The molecule has 1 aliphatic rings. The van der Waals surface area contributed by atoms with Gasteiger partial charge in [-0.05, 0) is 38.7 Å². The first-order chi connectivity index (χ1) is 12.5. The van der Waals surface area contributed by atoms with Crippen LogP contribution < -0.4 is 0 Å². The van der Waals surface area contributed by atoms with Gasteiger partial charge in [0.15, 0.2) is 0 Å². The molecule has 7 heteroatoms. The van der Waals surface area contributed by atoms with Gasteiger partial charge in [-0.15, -0.1) is 0 Å². The molecule has 2 aromatic heterocycles. The average molecular weight is 357 g/mol. The van der Waals surface area contributed by atoms with Crippen LogP contribution in [0.1, 0.15) is 35.5 Å². The zero-order valence-electron chi connectivity index (χ0n) is 15.8. The van der Waals surface area contributed by atoms with E-state index in [1.165, 1.54) is 0 Å². The molecule has 140 valence electrons. The molecule has 1 aliphatic heterocycles. The highest BCUT2D eigenvalue weighted by atomic mass is 16.5. The second-order valence-corrected chi connectivity index (χ2v) is 6.86. The van der Waals surface area contributed by atoms with Crippen LogP contribution in [-0.4, -0.2) is 56.4 Å². The van der Waals surface area contributed by atoms with Crippen LogP contribution in [0.2, 0.25) is 0 Å². The van der Waals surface area contributed by atoms with Crippen molar-refractivity contribution in [3.8, 4) is 0 Å². The molecule has 26 heavy (non-hydrogen) atoms. The molecule has 0 saturated carbocycles. The van der Waals surface area contributed by atoms with Gasteiger partial charge in [-0.25, -0.2) is 0 Å². The number of ether oxygens (including phenoxy) is 1. The summed E-state index contributed by atoms with van der Waals surface area (Å²) in [6, 6.07) is 0.104. The molecule has 0 spiro atoms. The van der Waals surface area contributed by atoms with Crippen LogP contribution in [0.25, 0.3) is 0 Å². The summed E-state index contributed by atoms with van der Waals surface area (Å²) >= 11 is 0. The smallest absolute Gasteiger partial charge is 0.223 e. The lowest BCUT2D eigenvalue weighted by Gasteiger charge is -2.36. The minimum Gasteiger partial charge on any atom is -0.377 e. The second-order valence-electron chi connectivity index (χ2n) is 6.86. The summed E-state index contributed by atoms with van der Waals surface area (Å²) in [5, 5.41) is 4.35. The first-order valence-corrected chi connectivity index (χ1v) is 9.17. The predicted molar refractivity (Wildman–Crippen MR) is 97.7 cm³/mol. The maximum absolute atomic E-state index is 12.8. The number of carbonyl (C=O) groups is 1. The number of aryl methyl sites for hydroxylation is 5. The fraction of sp³-hybridized carbons (Fsp3) is 0.579. The Balaban J connectivity index is 1.58. The Bertz CT molecular complexity index is 758. The second kappa shape index (κ2) is 8.40. The van der Waals surface area contributed by atoms with Gasteiger partial charge in [0.2, 0.25) is 5.91 Å². The predicted octanol–water partition coefficient (Wildman–Crippen LogP) is 1.62. The molecular weight excluding hydrogens is 330 g/mol. The van der Waals surface area contributed by atoms with Gasteiger partial charge in [0.05, 0.1) is 36.3 Å². The molecule has 1 saturated heterocycles. The Morgan fingerprint density at radius 1 is 1.23 bits per heavy atom. The van der Waals surface area contributed by atoms with Crippen molar-refractivity contribution in [3.63, 3.8) is 0 Å². The summed E-state index contributed by atoms with van der Waals surface area (Å²) in [7, 11) is 1.91. The molecule has 0 aromatic carbocycles. The van der Waals surface area contributed by atoms with Gasteiger partial charge < -0.3 is 9.64 Å². The Morgan fingerprint density at radius 2 is 2.04 bits per heavy atom. The molecule has 0 radical (unpaired) electrons. The summed E-state index contributed by atoms with van der Waals surface area (Å²) in [6.07, 6.45) is 8.31. The van der Waals surface area contributed by atoms with Gasteiger partial charge in [-0.3, -0.25) is 19.4 Å². The molecule has 0 bridgehead atoms. The van der Waals surface area contributed by atoms with Crippen LogP contribution in [-0.2, 0) is 29.4 Å². The van der Waals surface area contributed by atoms with E-state index in [1.807, 2.05) is 32.0 Å². The SMILES string of the molecule is Cc1nn(C)cc1CCC(=O)N1CCOC[C@@H]1CCc1nccnc1C. The molecule has 2 aromatic rings. The van der Waals surface area contributed by atoms with E-state index in [2.05, 4.69) is 15.1 Å². The highest BCUT2D eigenvalue weighted by Gasteiger charge is 2.27. The first kappa shape index (κ1) is 18.5. The number of hydrogen-bond acceptors (Lipinski definition) is 5. The number of rotatable bonds is 6. The first-order valence-electron chi connectivity index (χ1n) is 9.17. The Hall–Kier alpha value is -2.28. The van der Waals surface area contributed by atoms with Crippen molar-refractivity contribution in [2.45, 2.75) is 45.6 Å². The van der Waals surface area contributed by atoms with Gasteiger partial charge in [0.25, 0.3) is 0 Å². The Labute approximate surface area is 154 Å². The summed E-state index contributed by atoms with van der Waals surface area (Å²) < 4.78 is 7.42. The van der Waals surface area contributed by atoms with E-state index in [0.29, 0.717) is 26.2 Å². The van der Waals surface area contributed by atoms with Crippen LogP contribution in [0.5, 0.6) is 0 Å². The molecule has 7 nitrogen and oxygen atoms in total. The fourth-order valence-corrected chi connectivity index (χ4v) is 3.49. The van der Waals surface area contributed by atoms with E-state index >= 15 is 0 Å². The number of amides is 1. The van der Waals surface area contributed by atoms with Crippen molar-refractivity contribution >= 4 is 5.91 Å². The lowest BCUT2D eigenvalue weighted by molar-refractivity contribution is -0.140. The van der Waals surface area contributed by atoms with Crippen molar-refractivity contribution in [1.82, 2.24) is 24.6 Å². The topological polar surface area (TPSA) is 73.1 Å². The van der Waals surface area contributed by atoms with Crippen LogP contribution in [0.3, 0.4) is 0 Å². The van der Waals surface area contributed by atoms with E-state index in [4.69, 9.17) is 4.74 Å². The summed E-state index contributed by atoms with van der Waals surface area (Å²) in [5.41, 5.74) is 4.09. The van der Waals surface area contributed by atoms with Crippen molar-refractivity contribution in [3.05, 3.63) is 41.2 Å². The van der Waals surface area contributed by atoms with Crippen molar-refractivity contribution in [2.24, 2.45) is 7.05 Å². The van der Waals surface area contributed by atoms with E-state index in [9.17, 15) is 4.79 Å². The molecule has 1 amide bonds. The summed E-state index contributed by atoms with van der Waals surface area (Å²) in [4.78, 5) is 23.5. The molecule has 0 unspecified atom stereocenters. The van der Waals surface area contributed by atoms with Crippen LogP contribution >= 0.6 is 0 Å². The maximum atomic E-state index is 12.8. The number of hydrogen-bond donors (Lipinski definition) is 0. The normalized spacial score (nSPS) is 17.5. The fourth-order valence-electron chi connectivity index (χ4n) is 3.49. The molecule has 0 aliphatic carbocycles. The molecule has 3 rings (SSSR count). The molecule has 1 fully saturated rings. The van der Waals surface area contributed by atoms with Crippen molar-refractivity contribution < 1.29 is 9.53 Å². The maximum Gasteiger partial charge on any atom is 0.223 e. The number of nitrogens with zero attached hydrogens (tertiary/aromatic N) is 5. The average Bonchev–Trinajstić information content (AvgIpc) is 2.96. The number of morpholine rings is 1. The van der Waals surface area contributed by atoms with Gasteiger partial charge in [-0.1, -0.05) is 0 Å². The van der Waals surface area contributed by atoms with Gasteiger partial charge >= 0.3 is 0 Å². The van der Waals surface area contributed by atoms with E-state index in [-0.39, 0.29) is 11.9 Å². The largest absolute Gasteiger partial charge is 0.377 e. The van der Waals surface area contributed by atoms with E-state index < -0.39 is 0 Å². The highest BCUT2D eigenvalue weighted by Crippen LogP contribution is 2.17. The lowest BCUT2D eigenvalue weighted by Crippen LogP contribution is -2.49. The molecular formula is C19H27N5O2. The number of carbonyl (C=O) groups excluding carboxylic acids is 1. The van der Waals surface area contributed by atoms with E-state index in [0.717, 1.165) is 41.9 Å². The zero-order chi connectivity index (χ0) is 18.5. The standard InChI is InChI=1S/C19H27N5O2/c1-14-16(12-23(3)22-14)4-7-19(25)24-10-11-26-13-17(24)5-6-18-15(2)20-8-9-21-18/h8-9,12,17H,4-7,10-11,13H2,1-3H3/t17-/m0/s1. The third kappa shape index (κ3) is 4.46. The number of aromatic nitrogens is 4. The highest BCUT2D eigenvalue weighted by molar-refractivity contribution is 5.77. The third-order valence-electron chi connectivity index (χ3n) is 4.97. The zero-order valence-corrected chi connectivity index (χ0v) is 15.8. The monoisotopic (exact) mass is 357 g/mol. The van der Waals surface area contributed by atoms with Gasteiger partial charge in [-0.2, -0.15) is 5.10 Å². The summed E-state index contributed by atoms with van der Waals surface area (Å²) in [5.74, 6) is 0.192. The molecule has 0 N–H and O–H groups in total. The van der Waals surface area contributed by atoms with Gasteiger partial charge in [0.1, 0.15) is 0 Å².